The van der Waals surface area contributed by atoms with Gasteiger partial charge in [-0.3, -0.25) is 4.79 Å². The summed E-state index contributed by atoms with van der Waals surface area (Å²) in [6, 6.07) is 10.7. The van der Waals surface area contributed by atoms with Crippen LogP contribution in [0, 0.1) is 5.82 Å². The highest BCUT2D eigenvalue weighted by atomic mass is 35.5. The van der Waals surface area contributed by atoms with Crippen LogP contribution in [-0.4, -0.2) is 34.9 Å². The van der Waals surface area contributed by atoms with Crippen LogP contribution in [0.15, 0.2) is 54.6 Å². The largest absolute Gasteiger partial charge is 0.482 e. The van der Waals surface area contributed by atoms with Gasteiger partial charge < -0.3 is 20.3 Å². The number of aromatic carboxylic acids is 1. The molecular formula is C25H18ClF4NO5. The van der Waals surface area contributed by atoms with Crippen LogP contribution >= 0.6 is 11.6 Å². The minimum absolute atomic E-state index is 0.00750. The van der Waals surface area contributed by atoms with E-state index in [0.717, 1.165) is 31.2 Å². The van der Waals surface area contributed by atoms with Gasteiger partial charge >= 0.3 is 12.1 Å². The lowest BCUT2D eigenvalue weighted by Crippen LogP contribution is -2.46. The van der Waals surface area contributed by atoms with Crippen molar-refractivity contribution in [2.75, 3.05) is 11.9 Å². The Morgan fingerprint density at radius 3 is 2.36 bits per heavy atom. The second kappa shape index (κ2) is 9.11. The Balaban J connectivity index is 1.74. The number of alkyl halides is 3. The molecule has 6 nitrogen and oxygen atoms in total. The Bertz CT molecular complexity index is 1380. The third-order valence-electron chi connectivity index (χ3n) is 6.11. The molecule has 0 aromatic heterocycles. The van der Waals surface area contributed by atoms with Gasteiger partial charge in [0.15, 0.2) is 12.2 Å². The zero-order chi connectivity index (χ0) is 26.4. The van der Waals surface area contributed by atoms with Crippen molar-refractivity contribution < 1.29 is 42.1 Å². The second-order valence-electron chi connectivity index (χ2n) is 8.27. The quantitative estimate of drug-likeness (QED) is 0.371. The van der Waals surface area contributed by atoms with Gasteiger partial charge in [-0.25, -0.2) is 9.18 Å². The van der Waals surface area contributed by atoms with Crippen molar-refractivity contribution in [1.29, 1.82) is 0 Å². The first-order chi connectivity index (χ1) is 16.8. The van der Waals surface area contributed by atoms with Gasteiger partial charge in [-0.05, 0) is 52.6 Å². The van der Waals surface area contributed by atoms with Crippen LogP contribution in [0.1, 0.15) is 34.3 Å². The molecule has 0 fully saturated rings. The van der Waals surface area contributed by atoms with E-state index in [4.69, 9.17) is 21.4 Å². The fourth-order valence-corrected chi connectivity index (χ4v) is 4.47. The van der Waals surface area contributed by atoms with Crippen LogP contribution in [0.2, 0.25) is 5.02 Å². The van der Waals surface area contributed by atoms with Gasteiger partial charge in [0.25, 0.3) is 5.91 Å². The fourth-order valence-electron chi connectivity index (χ4n) is 4.13. The summed E-state index contributed by atoms with van der Waals surface area (Å²) in [6.45, 7) is 0.876. The summed E-state index contributed by atoms with van der Waals surface area (Å²) in [5.41, 5.74) is -3.92. The number of fused-ring (bicyclic) bond motifs is 1. The summed E-state index contributed by atoms with van der Waals surface area (Å²) < 4.78 is 62.4. The molecule has 0 saturated carbocycles. The van der Waals surface area contributed by atoms with Crippen molar-refractivity contribution >= 4 is 29.2 Å². The number of carboxylic acid groups (broad SMARTS) is 1. The summed E-state index contributed by atoms with van der Waals surface area (Å²) in [5.74, 6) is -4.42. The van der Waals surface area contributed by atoms with Crippen LogP contribution in [0.5, 0.6) is 5.75 Å². The lowest BCUT2D eigenvalue weighted by atomic mass is 9.77. The molecule has 3 aromatic carbocycles. The van der Waals surface area contributed by atoms with Gasteiger partial charge in [0, 0.05) is 10.9 Å². The average Bonchev–Trinajstić information content (AvgIpc) is 2.81. The number of halogens is 5. The van der Waals surface area contributed by atoms with Crippen molar-refractivity contribution in [3.63, 3.8) is 0 Å². The van der Waals surface area contributed by atoms with Crippen molar-refractivity contribution in [2.24, 2.45) is 0 Å². The third kappa shape index (κ3) is 4.38. The molecule has 0 unspecified atom stereocenters. The number of aliphatic hydroxyl groups is 1. The van der Waals surface area contributed by atoms with Crippen molar-refractivity contribution in [3.8, 4) is 16.9 Å². The van der Waals surface area contributed by atoms with Gasteiger partial charge in [-0.1, -0.05) is 42.8 Å². The Labute approximate surface area is 207 Å². The van der Waals surface area contributed by atoms with Gasteiger partial charge in [-0.15, -0.1) is 0 Å². The number of amides is 1. The van der Waals surface area contributed by atoms with Crippen LogP contribution < -0.4 is 10.1 Å². The number of nitrogens with one attached hydrogen (secondary N) is 1. The van der Waals surface area contributed by atoms with E-state index in [9.17, 15) is 32.3 Å². The van der Waals surface area contributed by atoms with E-state index < -0.39 is 46.5 Å². The van der Waals surface area contributed by atoms with E-state index in [1.807, 2.05) is 0 Å². The molecule has 0 spiro atoms. The van der Waals surface area contributed by atoms with Gasteiger partial charge in [0.05, 0.1) is 11.3 Å². The third-order valence-corrected chi connectivity index (χ3v) is 6.44. The number of hydrogen-bond donors (Lipinski definition) is 3. The molecule has 1 amide bonds. The minimum Gasteiger partial charge on any atom is -0.482 e. The molecule has 0 radical (unpaired) electrons. The second-order valence-corrected chi connectivity index (χ2v) is 8.68. The molecule has 0 bridgehead atoms. The van der Waals surface area contributed by atoms with Crippen molar-refractivity contribution in [1.82, 2.24) is 0 Å². The number of anilines is 1. The molecule has 11 heteroatoms. The first-order valence-electron chi connectivity index (χ1n) is 10.5. The van der Waals surface area contributed by atoms with E-state index in [0.29, 0.717) is 5.56 Å². The zero-order valence-electron chi connectivity index (χ0n) is 18.5. The highest BCUT2D eigenvalue weighted by molar-refractivity contribution is 6.31. The topological polar surface area (TPSA) is 95.9 Å². The summed E-state index contributed by atoms with van der Waals surface area (Å²) >= 11 is 6.33. The summed E-state index contributed by atoms with van der Waals surface area (Å²) in [5, 5.41) is 22.4. The lowest BCUT2D eigenvalue weighted by molar-refractivity contribution is -0.274. The predicted molar refractivity (Wildman–Crippen MR) is 123 cm³/mol. The predicted octanol–water partition coefficient (Wildman–Crippen LogP) is 5.73. The maximum atomic E-state index is 14.4. The van der Waals surface area contributed by atoms with Crippen LogP contribution in [0.4, 0.5) is 23.2 Å². The molecule has 1 aliphatic heterocycles. The average molecular weight is 524 g/mol. The number of ether oxygens (including phenoxy) is 1. The van der Waals surface area contributed by atoms with E-state index in [1.54, 1.807) is 0 Å². The lowest BCUT2D eigenvalue weighted by Gasteiger charge is -2.37. The van der Waals surface area contributed by atoms with E-state index in [1.165, 1.54) is 30.3 Å². The molecule has 0 saturated heterocycles. The number of carbonyl (C=O) groups excluding carboxylic acids is 1. The normalized spacial score (nSPS) is 15.8. The summed E-state index contributed by atoms with van der Waals surface area (Å²) in [7, 11) is 0. The Morgan fingerprint density at radius 2 is 1.75 bits per heavy atom. The number of carbonyl (C=O) groups is 2. The molecule has 188 valence electrons. The van der Waals surface area contributed by atoms with Gasteiger partial charge in [-0.2, -0.15) is 13.2 Å². The van der Waals surface area contributed by atoms with Crippen LogP contribution in [-0.2, 0) is 10.4 Å². The highest BCUT2D eigenvalue weighted by Gasteiger charge is 2.59. The summed E-state index contributed by atoms with van der Waals surface area (Å²) in [4.78, 5) is 22.6. The zero-order valence-corrected chi connectivity index (χ0v) is 19.2. The Kier molecular flexibility index (Phi) is 6.44. The highest BCUT2D eigenvalue weighted by Crippen LogP contribution is 2.51. The van der Waals surface area contributed by atoms with Crippen LogP contribution in [0.3, 0.4) is 0 Å². The maximum absolute atomic E-state index is 14.4. The molecule has 4 rings (SSSR count). The standard InChI is InChI=1S/C25H18ClF4NO5/c1-12(16-5-2-13(8-18(16)26)14-3-6-17(23(33)34)19(27)9-14)24(35,25(28,29)30)15-4-7-21-20(10-15)31-22(32)11-36-21/h2-10,12,35H,11H2,1H3,(H,31,32)(H,33,34)/t12-,24-/m1/s1. The first-order valence-corrected chi connectivity index (χ1v) is 10.9. The fraction of sp³-hybridized carbons (Fsp3) is 0.200. The molecule has 3 N–H and O–H groups in total. The molecule has 0 aliphatic carbocycles. The van der Waals surface area contributed by atoms with Crippen molar-refractivity contribution in [2.45, 2.75) is 24.6 Å². The monoisotopic (exact) mass is 523 g/mol. The Morgan fingerprint density at radius 1 is 1.08 bits per heavy atom. The number of rotatable bonds is 5. The number of carboxylic acids is 1. The van der Waals surface area contributed by atoms with Gasteiger partial charge in [0.1, 0.15) is 11.6 Å². The number of benzene rings is 3. The van der Waals surface area contributed by atoms with Gasteiger partial charge in [0.2, 0.25) is 0 Å². The molecule has 1 aliphatic rings. The molecule has 1 heterocycles. The minimum atomic E-state index is -5.14. The maximum Gasteiger partial charge on any atom is 0.422 e. The van der Waals surface area contributed by atoms with E-state index in [2.05, 4.69) is 5.32 Å². The smallest absolute Gasteiger partial charge is 0.422 e. The molecular weight excluding hydrogens is 506 g/mol. The van der Waals surface area contributed by atoms with E-state index in [-0.39, 0.29) is 34.2 Å². The summed E-state index contributed by atoms with van der Waals surface area (Å²) in [6.07, 6.45) is -5.14. The SMILES string of the molecule is C[C@H](c1ccc(-c2ccc(C(=O)O)c(F)c2)cc1Cl)[C@@](O)(c1ccc2c(c1)NC(=O)CO2)C(F)(F)F. The van der Waals surface area contributed by atoms with Crippen LogP contribution in [0.25, 0.3) is 11.1 Å². The van der Waals surface area contributed by atoms with E-state index >= 15 is 0 Å². The first kappa shape index (κ1) is 25.5. The Hall–Kier alpha value is -3.63. The molecule has 2 atom stereocenters. The molecule has 36 heavy (non-hydrogen) atoms. The van der Waals surface area contributed by atoms with Crippen molar-refractivity contribution in [3.05, 3.63) is 82.1 Å². The number of hydrogen-bond acceptors (Lipinski definition) is 4. The molecule has 3 aromatic rings.